The maximum absolute atomic E-state index is 3.93. The summed E-state index contributed by atoms with van der Waals surface area (Å²) in [6, 6.07) is 0. The lowest BCUT2D eigenvalue weighted by Gasteiger charge is -1.94. The van der Waals surface area contributed by atoms with Gasteiger partial charge in [-0.05, 0) is 19.8 Å². The monoisotopic (exact) mass is 162 g/mol. The number of rotatable bonds is 5. The van der Waals surface area contributed by atoms with Crippen LogP contribution in [0.5, 0.6) is 0 Å². The van der Waals surface area contributed by atoms with E-state index in [1.165, 1.54) is 11.1 Å². The molecule has 0 radical (unpaired) electrons. The van der Waals surface area contributed by atoms with Gasteiger partial charge in [-0.2, -0.15) is 0 Å². The summed E-state index contributed by atoms with van der Waals surface area (Å²) in [5, 5.41) is 0. The molecule has 0 N–H and O–H groups in total. The van der Waals surface area contributed by atoms with E-state index in [-0.39, 0.29) is 0 Å². The van der Waals surface area contributed by atoms with Crippen molar-refractivity contribution in [3.05, 3.63) is 48.6 Å². The Balaban J connectivity index is 3.83. The van der Waals surface area contributed by atoms with Crippen LogP contribution in [0.3, 0.4) is 0 Å². The van der Waals surface area contributed by atoms with Crippen LogP contribution < -0.4 is 0 Å². The zero-order valence-corrected chi connectivity index (χ0v) is 8.14. The van der Waals surface area contributed by atoms with E-state index in [1.54, 1.807) is 6.08 Å². The molecule has 0 heterocycles. The summed E-state index contributed by atoms with van der Waals surface area (Å²) in [6.07, 6.45) is 10.1. The summed E-state index contributed by atoms with van der Waals surface area (Å²) in [4.78, 5) is 0. The van der Waals surface area contributed by atoms with E-state index >= 15 is 0 Å². The van der Waals surface area contributed by atoms with E-state index in [0.29, 0.717) is 0 Å². The Kier molecular flexibility index (Phi) is 6.08. The van der Waals surface area contributed by atoms with Gasteiger partial charge in [0.1, 0.15) is 0 Å². The van der Waals surface area contributed by atoms with E-state index in [1.807, 2.05) is 6.08 Å². The third-order valence-electron chi connectivity index (χ3n) is 1.67. The predicted octanol–water partition coefficient (Wildman–Crippen LogP) is 4.03. The first kappa shape index (κ1) is 11.0. The van der Waals surface area contributed by atoms with Crippen LogP contribution in [0.2, 0.25) is 0 Å². The summed E-state index contributed by atoms with van der Waals surface area (Å²) in [6.45, 7) is 11.7. The minimum atomic E-state index is 0.985. The SMILES string of the molecule is C=C/C=C(C)\C=C/CC(=C)CC. The van der Waals surface area contributed by atoms with Gasteiger partial charge in [0, 0.05) is 0 Å². The normalized spacial score (nSPS) is 12.0. The van der Waals surface area contributed by atoms with Crippen LogP contribution in [-0.4, -0.2) is 0 Å². The molecule has 0 amide bonds. The molecule has 0 aromatic carbocycles. The average molecular weight is 162 g/mol. The third kappa shape index (κ3) is 5.72. The van der Waals surface area contributed by atoms with Crippen molar-refractivity contribution in [2.24, 2.45) is 0 Å². The summed E-state index contributed by atoms with van der Waals surface area (Å²) < 4.78 is 0. The Morgan fingerprint density at radius 3 is 2.58 bits per heavy atom. The third-order valence-corrected chi connectivity index (χ3v) is 1.67. The molecule has 0 spiro atoms. The number of allylic oxidation sites excluding steroid dienone is 6. The molecular formula is C12H18. The smallest absolute Gasteiger partial charge is 0.0138 e. The van der Waals surface area contributed by atoms with Crippen molar-refractivity contribution in [3.63, 3.8) is 0 Å². The zero-order chi connectivity index (χ0) is 9.40. The molecule has 0 aromatic heterocycles. The molecule has 0 aliphatic carbocycles. The van der Waals surface area contributed by atoms with Crippen LogP contribution in [0, 0.1) is 0 Å². The van der Waals surface area contributed by atoms with Crippen molar-refractivity contribution < 1.29 is 0 Å². The topological polar surface area (TPSA) is 0 Å². The molecule has 0 saturated heterocycles. The molecule has 0 atom stereocenters. The van der Waals surface area contributed by atoms with Gasteiger partial charge in [0.05, 0.1) is 0 Å². The highest BCUT2D eigenvalue weighted by Crippen LogP contribution is 2.05. The maximum atomic E-state index is 3.93. The van der Waals surface area contributed by atoms with Crippen LogP contribution in [0.25, 0.3) is 0 Å². The molecule has 0 rings (SSSR count). The lowest BCUT2D eigenvalue weighted by atomic mass is 10.1. The van der Waals surface area contributed by atoms with Gasteiger partial charge in [0.2, 0.25) is 0 Å². The van der Waals surface area contributed by atoms with Gasteiger partial charge in [-0.15, -0.1) is 0 Å². The van der Waals surface area contributed by atoms with Crippen molar-refractivity contribution in [2.45, 2.75) is 26.7 Å². The van der Waals surface area contributed by atoms with Crippen molar-refractivity contribution in [3.8, 4) is 0 Å². The van der Waals surface area contributed by atoms with Crippen LogP contribution >= 0.6 is 0 Å². The van der Waals surface area contributed by atoms with Crippen molar-refractivity contribution in [1.29, 1.82) is 0 Å². The van der Waals surface area contributed by atoms with Crippen LogP contribution in [-0.2, 0) is 0 Å². The van der Waals surface area contributed by atoms with Gasteiger partial charge >= 0.3 is 0 Å². The van der Waals surface area contributed by atoms with Crippen LogP contribution in [0.1, 0.15) is 26.7 Å². The lowest BCUT2D eigenvalue weighted by Crippen LogP contribution is -1.74. The number of hydrogen-bond donors (Lipinski definition) is 0. The van der Waals surface area contributed by atoms with Crippen molar-refractivity contribution >= 4 is 0 Å². The molecule has 0 aliphatic heterocycles. The minimum Gasteiger partial charge on any atom is -0.0996 e. The van der Waals surface area contributed by atoms with Gasteiger partial charge in [0.15, 0.2) is 0 Å². The van der Waals surface area contributed by atoms with E-state index in [4.69, 9.17) is 0 Å². The van der Waals surface area contributed by atoms with Crippen molar-refractivity contribution in [1.82, 2.24) is 0 Å². The maximum Gasteiger partial charge on any atom is -0.0138 e. The summed E-state index contributed by atoms with van der Waals surface area (Å²) in [5.41, 5.74) is 2.51. The second-order valence-corrected chi connectivity index (χ2v) is 2.86. The minimum absolute atomic E-state index is 0.985. The second-order valence-electron chi connectivity index (χ2n) is 2.86. The van der Waals surface area contributed by atoms with E-state index in [0.717, 1.165) is 12.8 Å². The molecule has 0 bridgehead atoms. The van der Waals surface area contributed by atoms with Crippen molar-refractivity contribution in [2.75, 3.05) is 0 Å². The Labute approximate surface area is 76.0 Å². The molecule has 0 fully saturated rings. The van der Waals surface area contributed by atoms with Crippen LogP contribution in [0.15, 0.2) is 48.6 Å². The molecule has 0 nitrogen and oxygen atoms in total. The quantitative estimate of drug-likeness (QED) is 0.423. The van der Waals surface area contributed by atoms with Crippen LogP contribution in [0.4, 0.5) is 0 Å². The molecule has 0 saturated carbocycles. The average Bonchev–Trinajstić information content (AvgIpc) is 2.04. The molecule has 0 heteroatoms. The van der Waals surface area contributed by atoms with Gasteiger partial charge in [-0.25, -0.2) is 0 Å². The molecule has 12 heavy (non-hydrogen) atoms. The van der Waals surface area contributed by atoms with Gasteiger partial charge in [-0.1, -0.05) is 55.5 Å². The highest BCUT2D eigenvalue weighted by atomic mass is 13.9. The summed E-state index contributed by atoms with van der Waals surface area (Å²) in [7, 11) is 0. The first-order valence-corrected chi connectivity index (χ1v) is 4.33. The zero-order valence-electron chi connectivity index (χ0n) is 8.14. The second kappa shape index (κ2) is 6.66. The van der Waals surface area contributed by atoms with Gasteiger partial charge in [-0.3, -0.25) is 0 Å². The fourth-order valence-electron chi connectivity index (χ4n) is 0.797. The molecule has 66 valence electrons. The first-order chi connectivity index (χ1) is 5.70. The fraction of sp³-hybridized carbons (Fsp3) is 0.333. The van der Waals surface area contributed by atoms with Gasteiger partial charge in [0.25, 0.3) is 0 Å². The van der Waals surface area contributed by atoms with Gasteiger partial charge < -0.3 is 0 Å². The van der Waals surface area contributed by atoms with E-state index in [2.05, 4.69) is 39.2 Å². The highest BCUT2D eigenvalue weighted by Gasteiger charge is 1.84. The molecular weight excluding hydrogens is 144 g/mol. The first-order valence-electron chi connectivity index (χ1n) is 4.33. The molecule has 0 aliphatic rings. The lowest BCUT2D eigenvalue weighted by molar-refractivity contribution is 1.04. The van der Waals surface area contributed by atoms with E-state index in [9.17, 15) is 0 Å². The highest BCUT2D eigenvalue weighted by molar-refractivity contribution is 5.21. The fourth-order valence-corrected chi connectivity index (χ4v) is 0.797. The Bertz CT molecular complexity index is 204. The standard InChI is InChI=1S/C12H18/c1-5-8-12(4)10-7-9-11(3)6-2/h5,7-8,10H,1,3,6,9H2,2,4H3/b10-7-,12-8-. The Hall–Kier alpha value is -1.04. The summed E-state index contributed by atoms with van der Waals surface area (Å²) >= 11 is 0. The largest absolute Gasteiger partial charge is 0.0996 e. The van der Waals surface area contributed by atoms with E-state index < -0.39 is 0 Å². The molecule has 0 unspecified atom stereocenters. The Morgan fingerprint density at radius 2 is 2.08 bits per heavy atom. The number of hydrogen-bond acceptors (Lipinski definition) is 0. The molecule has 0 aromatic rings. The Morgan fingerprint density at radius 1 is 1.42 bits per heavy atom. The predicted molar refractivity (Wildman–Crippen MR) is 57.1 cm³/mol. The summed E-state index contributed by atoms with van der Waals surface area (Å²) in [5.74, 6) is 0.